The lowest BCUT2D eigenvalue weighted by atomic mass is 10.1. The Morgan fingerprint density at radius 1 is 1.47 bits per heavy atom. The largest absolute Gasteiger partial charge is 0.409 e. The maximum absolute atomic E-state index is 11.8. The topological polar surface area (TPSA) is 87.7 Å². The highest BCUT2D eigenvalue weighted by atomic mass is 16.4. The fraction of sp³-hybridized carbons (Fsp3) is 0.333. The molecule has 0 aliphatic carbocycles. The van der Waals surface area contributed by atoms with E-state index in [1.165, 1.54) is 0 Å². The number of nitrogens with two attached hydrogens (primary N) is 1. The molecule has 1 rings (SSSR count). The third-order valence-corrected chi connectivity index (χ3v) is 2.60. The van der Waals surface area contributed by atoms with Crippen molar-refractivity contribution < 1.29 is 10.0 Å². The minimum atomic E-state index is -0.667. The summed E-state index contributed by atoms with van der Waals surface area (Å²) in [4.78, 5) is 11.8. The molecular formula is C12H17N3O2. The number of amides is 1. The summed E-state index contributed by atoms with van der Waals surface area (Å²) in [6.45, 7) is 5.43. The number of oxime groups is 1. The van der Waals surface area contributed by atoms with Crippen LogP contribution in [0.4, 0.5) is 5.69 Å². The van der Waals surface area contributed by atoms with Crippen LogP contribution in [-0.2, 0) is 4.79 Å². The van der Waals surface area contributed by atoms with Crippen molar-refractivity contribution >= 4 is 17.4 Å². The zero-order chi connectivity index (χ0) is 13.0. The molecule has 0 bridgehead atoms. The molecule has 0 aliphatic heterocycles. The predicted molar refractivity (Wildman–Crippen MR) is 67.1 cm³/mol. The summed E-state index contributed by atoms with van der Waals surface area (Å²) >= 11 is 0. The number of hydrogen-bond donors (Lipinski definition) is 3. The number of nitrogens with zero attached hydrogens (tertiary/aromatic N) is 1. The van der Waals surface area contributed by atoms with Gasteiger partial charge < -0.3 is 16.3 Å². The fourth-order valence-corrected chi connectivity index (χ4v) is 1.33. The number of benzene rings is 1. The maximum atomic E-state index is 11.8. The summed E-state index contributed by atoms with van der Waals surface area (Å²) in [5, 5.41) is 14.1. The van der Waals surface area contributed by atoms with E-state index in [0.717, 1.165) is 16.8 Å². The molecule has 0 spiro atoms. The van der Waals surface area contributed by atoms with Gasteiger partial charge in [0.2, 0.25) is 5.91 Å². The molecule has 1 amide bonds. The average Bonchev–Trinajstić information content (AvgIpc) is 2.31. The number of hydrogen-bond acceptors (Lipinski definition) is 3. The highest BCUT2D eigenvalue weighted by Gasteiger charge is 2.18. The van der Waals surface area contributed by atoms with E-state index in [9.17, 15) is 4.79 Å². The molecule has 0 aromatic heterocycles. The molecule has 5 nitrogen and oxygen atoms in total. The van der Waals surface area contributed by atoms with Gasteiger partial charge in [0.15, 0.2) is 5.84 Å². The third kappa shape index (κ3) is 3.21. The van der Waals surface area contributed by atoms with Crippen LogP contribution in [0.15, 0.2) is 23.4 Å². The monoisotopic (exact) mass is 235 g/mol. The number of rotatable bonds is 3. The van der Waals surface area contributed by atoms with Crippen molar-refractivity contribution in [3.63, 3.8) is 0 Å². The average molecular weight is 235 g/mol. The van der Waals surface area contributed by atoms with Gasteiger partial charge in [0.1, 0.15) is 0 Å². The van der Waals surface area contributed by atoms with E-state index >= 15 is 0 Å². The first-order valence-corrected chi connectivity index (χ1v) is 5.31. The van der Waals surface area contributed by atoms with Crippen LogP contribution in [0.25, 0.3) is 0 Å². The minimum Gasteiger partial charge on any atom is -0.409 e. The number of nitrogens with one attached hydrogen (secondary N) is 1. The molecule has 0 fully saturated rings. The Morgan fingerprint density at radius 3 is 2.71 bits per heavy atom. The molecule has 1 aromatic carbocycles. The molecule has 1 atom stereocenters. The smallest absolute Gasteiger partial charge is 0.234 e. The van der Waals surface area contributed by atoms with Gasteiger partial charge in [-0.2, -0.15) is 0 Å². The van der Waals surface area contributed by atoms with Gasteiger partial charge in [0.25, 0.3) is 0 Å². The lowest BCUT2D eigenvalue weighted by molar-refractivity contribution is -0.117. The van der Waals surface area contributed by atoms with Crippen molar-refractivity contribution in [2.45, 2.75) is 20.8 Å². The van der Waals surface area contributed by atoms with Gasteiger partial charge in [0.05, 0.1) is 5.92 Å². The Labute approximate surface area is 100 Å². The summed E-state index contributed by atoms with van der Waals surface area (Å²) in [6.07, 6.45) is 0. The Morgan fingerprint density at radius 2 is 2.12 bits per heavy atom. The van der Waals surface area contributed by atoms with Crippen LogP contribution < -0.4 is 11.1 Å². The van der Waals surface area contributed by atoms with Crippen LogP contribution in [0.3, 0.4) is 0 Å². The van der Waals surface area contributed by atoms with Crippen LogP contribution in [0.5, 0.6) is 0 Å². The van der Waals surface area contributed by atoms with Crippen molar-refractivity contribution in [1.82, 2.24) is 0 Å². The molecule has 0 radical (unpaired) electrons. The first-order valence-electron chi connectivity index (χ1n) is 5.31. The van der Waals surface area contributed by atoms with Crippen molar-refractivity contribution in [1.29, 1.82) is 0 Å². The molecule has 0 saturated carbocycles. The fourth-order valence-electron chi connectivity index (χ4n) is 1.33. The Balaban J connectivity index is 2.84. The molecule has 0 heterocycles. The summed E-state index contributed by atoms with van der Waals surface area (Å²) < 4.78 is 0. The highest BCUT2D eigenvalue weighted by molar-refractivity contribution is 6.07. The van der Waals surface area contributed by atoms with Crippen molar-refractivity contribution in [3.8, 4) is 0 Å². The Kier molecular flexibility index (Phi) is 4.09. The number of aryl methyl sites for hydroxylation is 2. The second-order valence-corrected chi connectivity index (χ2v) is 4.05. The Hall–Kier alpha value is -2.04. The minimum absolute atomic E-state index is 0.104. The van der Waals surface area contributed by atoms with Crippen LogP contribution in [0.1, 0.15) is 18.1 Å². The van der Waals surface area contributed by atoms with Crippen molar-refractivity contribution in [2.75, 3.05) is 5.32 Å². The zero-order valence-electron chi connectivity index (χ0n) is 10.2. The predicted octanol–water partition coefficient (Wildman–Crippen LogP) is 1.62. The molecular weight excluding hydrogens is 218 g/mol. The number of anilines is 1. The SMILES string of the molecule is Cc1ccc(C)c(NC(=O)C(C)/C(N)=N/O)c1. The molecule has 92 valence electrons. The molecule has 5 heteroatoms. The lowest BCUT2D eigenvalue weighted by Gasteiger charge is -2.13. The molecule has 1 unspecified atom stereocenters. The number of amidine groups is 1. The van der Waals surface area contributed by atoms with Gasteiger partial charge in [-0.1, -0.05) is 17.3 Å². The number of carbonyl (C=O) groups is 1. The van der Waals surface area contributed by atoms with Gasteiger partial charge >= 0.3 is 0 Å². The van der Waals surface area contributed by atoms with E-state index in [1.807, 2.05) is 32.0 Å². The molecule has 17 heavy (non-hydrogen) atoms. The normalized spacial score (nSPS) is 13.2. The maximum Gasteiger partial charge on any atom is 0.234 e. The van der Waals surface area contributed by atoms with Crippen LogP contribution in [-0.4, -0.2) is 17.0 Å². The van der Waals surface area contributed by atoms with E-state index in [1.54, 1.807) is 6.92 Å². The third-order valence-electron chi connectivity index (χ3n) is 2.60. The second kappa shape index (κ2) is 5.34. The van der Waals surface area contributed by atoms with Crippen LogP contribution >= 0.6 is 0 Å². The van der Waals surface area contributed by atoms with Crippen LogP contribution in [0, 0.1) is 19.8 Å². The summed E-state index contributed by atoms with van der Waals surface area (Å²) in [5.74, 6) is -1.07. The van der Waals surface area contributed by atoms with Gasteiger partial charge in [-0.3, -0.25) is 4.79 Å². The van der Waals surface area contributed by atoms with E-state index in [2.05, 4.69) is 10.5 Å². The van der Waals surface area contributed by atoms with Crippen molar-refractivity contribution in [2.24, 2.45) is 16.8 Å². The standard InChI is InChI=1S/C12H17N3O2/c1-7-4-5-8(2)10(6-7)14-12(16)9(3)11(13)15-17/h4-6,9,17H,1-3H3,(H2,13,15)(H,14,16). The molecule has 0 saturated heterocycles. The summed E-state index contributed by atoms with van der Waals surface area (Å²) in [5.41, 5.74) is 8.15. The molecule has 0 aliphatic rings. The molecule has 1 aromatic rings. The summed E-state index contributed by atoms with van der Waals surface area (Å²) in [6, 6.07) is 5.78. The summed E-state index contributed by atoms with van der Waals surface area (Å²) in [7, 11) is 0. The number of carbonyl (C=O) groups excluding carboxylic acids is 1. The van der Waals surface area contributed by atoms with E-state index in [-0.39, 0.29) is 11.7 Å². The van der Waals surface area contributed by atoms with Gasteiger partial charge in [-0.15, -0.1) is 0 Å². The van der Waals surface area contributed by atoms with E-state index < -0.39 is 5.92 Å². The van der Waals surface area contributed by atoms with Crippen molar-refractivity contribution in [3.05, 3.63) is 29.3 Å². The van der Waals surface area contributed by atoms with Gasteiger partial charge in [-0.05, 0) is 38.0 Å². The van der Waals surface area contributed by atoms with Gasteiger partial charge in [-0.25, -0.2) is 0 Å². The van der Waals surface area contributed by atoms with E-state index in [0.29, 0.717) is 0 Å². The van der Waals surface area contributed by atoms with Crippen LogP contribution in [0.2, 0.25) is 0 Å². The Bertz CT molecular complexity index is 455. The zero-order valence-corrected chi connectivity index (χ0v) is 10.2. The first kappa shape index (κ1) is 13.0. The highest BCUT2D eigenvalue weighted by Crippen LogP contribution is 2.17. The molecule has 4 N–H and O–H groups in total. The quantitative estimate of drug-likeness (QED) is 0.322. The lowest BCUT2D eigenvalue weighted by Crippen LogP contribution is -2.32. The first-order chi connectivity index (χ1) is 7.95. The van der Waals surface area contributed by atoms with Gasteiger partial charge in [0, 0.05) is 5.69 Å². The second-order valence-electron chi connectivity index (χ2n) is 4.05. The van der Waals surface area contributed by atoms with E-state index in [4.69, 9.17) is 10.9 Å².